The van der Waals surface area contributed by atoms with Crippen LogP contribution in [-0.4, -0.2) is 25.5 Å². The molecule has 2 amide bonds. The highest BCUT2D eigenvalue weighted by Crippen LogP contribution is 2.35. The number of rotatable bonds is 8. The average molecular weight is 528 g/mol. The Labute approximate surface area is 205 Å². The third-order valence-corrected chi connectivity index (χ3v) is 5.98. The highest BCUT2D eigenvalue weighted by atomic mass is 79.9. The molecule has 1 saturated heterocycles. The van der Waals surface area contributed by atoms with E-state index in [0.717, 1.165) is 10.0 Å². The molecule has 4 rings (SSSR count). The van der Waals surface area contributed by atoms with Crippen molar-refractivity contribution >= 4 is 39.1 Å². The second-order valence-corrected chi connectivity index (χ2v) is 8.66. The van der Waals surface area contributed by atoms with Gasteiger partial charge in [0.1, 0.15) is 12.4 Å². The Bertz CT molecular complexity index is 1170. The summed E-state index contributed by atoms with van der Waals surface area (Å²) in [4.78, 5) is 26.7. The minimum atomic E-state index is -0.553. The third kappa shape index (κ3) is 5.48. The second-order valence-electron chi connectivity index (χ2n) is 7.75. The molecule has 7 nitrogen and oxygen atoms in total. The second kappa shape index (κ2) is 10.6. The molecule has 176 valence electrons. The van der Waals surface area contributed by atoms with Gasteiger partial charge in [-0.1, -0.05) is 34.1 Å². The number of carbonyl (C=O) groups is 2. The number of para-hydroxylation sites is 1. The minimum Gasteiger partial charge on any atom is -0.493 e. The zero-order chi connectivity index (χ0) is 24.1. The van der Waals surface area contributed by atoms with Crippen molar-refractivity contribution in [2.24, 2.45) is 5.92 Å². The Balaban J connectivity index is 1.40. The van der Waals surface area contributed by atoms with Crippen LogP contribution in [0, 0.1) is 11.7 Å². The first kappa shape index (κ1) is 23.6. The third-order valence-electron chi connectivity index (χ3n) is 5.45. The van der Waals surface area contributed by atoms with Crippen LogP contribution in [0.2, 0.25) is 0 Å². The van der Waals surface area contributed by atoms with Gasteiger partial charge < -0.3 is 14.4 Å². The zero-order valence-corrected chi connectivity index (χ0v) is 20.0. The fourth-order valence-corrected chi connectivity index (χ4v) is 3.91. The Morgan fingerprint density at radius 1 is 1.12 bits per heavy atom. The van der Waals surface area contributed by atoms with Gasteiger partial charge in [-0.3, -0.25) is 20.4 Å². The maximum absolute atomic E-state index is 13.2. The summed E-state index contributed by atoms with van der Waals surface area (Å²) in [5.74, 6) is -0.502. The molecular weight excluding hydrogens is 505 g/mol. The molecule has 0 aromatic heterocycles. The van der Waals surface area contributed by atoms with Crippen molar-refractivity contribution in [3.63, 3.8) is 0 Å². The summed E-state index contributed by atoms with van der Waals surface area (Å²) in [6, 6.07) is 18.7. The molecule has 0 radical (unpaired) electrons. The number of nitrogens with zero attached hydrogens (tertiary/aromatic N) is 1. The normalized spacial score (nSPS) is 15.2. The number of hydrazine groups is 1. The predicted octanol–water partition coefficient (Wildman–Crippen LogP) is 4.67. The molecule has 9 heteroatoms. The van der Waals surface area contributed by atoms with Crippen molar-refractivity contribution in [1.29, 1.82) is 0 Å². The number of amides is 2. The average Bonchev–Trinajstić information content (AvgIpc) is 3.24. The molecule has 1 fully saturated rings. The van der Waals surface area contributed by atoms with Crippen molar-refractivity contribution in [2.45, 2.75) is 13.0 Å². The molecular formula is C25H23BrFN3O4. The summed E-state index contributed by atoms with van der Waals surface area (Å²) in [5, 5.41) is 0. The molecule has 3 aromatic rings. The number of hydrogen-bond acceptors (Lipinski definition) is 5. The molecule has 2 N–H and O–H groups in total. The Morgan fingerprint density at radius 3 is 2.56 bits per heavy atom. The van der Waals surface area contributed by atoms with Gasteiger partial charge in [0.2, 0.25) is 11.8 Å². The molecule has 0 bridgehead atoms. The Hall–Kier alpha value is -3.59. The van der Waals surface area contributed by atoms with Crippen molar-refractivity contribution in [3.05, 3.63) is 82.6 Å². The van der Waals surface area contributed by atoms with Gasteiger partial charge in [-0.2, -0.15) is 0 Å². The van der Waals surface area contributed by atoms with Gasteiger partial charge in [0.25, 0.3) is 0 Å². The van der Waals surface area contributed by atoms with Crippen molar-refractivity contribution in [2.75, 3.05) is 24.0 Å². The van der Waals surface area contributed by atoms with Crippen molar-refractivity contribution in [3.8, 4) is 11.5 Å². The van der Waals surface area contributed by atoms with E-state index >= 15 is 0 Å². The van der Waals surface area contributed by atoms with E-state index < -0.39 is 5.92 Å². The monoisotopic (exact) mass is 527 g/mol. The molecule has 1 aliphatic rings. The quantitative estimate of drug-likeness (QED) is 0.416. The van der Waals surface area contributed by atoms with Gasteiger partial charge in [-0.25, -0.2) is 4.39 Å². The highest BCUT2D eigenvalue weighted by molar-refractivity contribution is 9.10. The van der Waals surface area contributed by atoms with Gasteiger partial charge in [0, 0.05) is 23.1 Å². The van der Waals surface area contributed by atoms with E-state index in [0.29, 0.717) is 29.5 Å². The molecule has 0 spiro atoms. The first-order valence-corrected chi connectivity index (χ1v) is 11.4. The zero-order valence-electron chi connectivity index (χ0n) is 18.4. The number of hydrogen-bond donors (Lipinski definition) is 2. The van der Waals surface area contributed by atoms with Crippen LogP contribution in [0.1, 0.15) is 12.0 Å². The molecule has 0 aliphatic carbocycles. The first-order chi connectivity index (χ1) is 16.4. The van der Waals surface area contributed by atoms with Crippen LogP contribution in [0.15, 0.2) is 71.2 Å². The van der Waals surface area contributed by atoms with E-state index in [4.69, 9.17) is 9.47 Å². The maximum Gasteiger partial charge on any atom is 0.243 e. The number of carbonyl (C=O) groups excluding carboxylic acids is 2. The minimum absolute atomic E-state index is 0.0654. The summed E-state index contributed by atoms with van der Waals surface area (Å²) in [7, 11) is 1.54. The fourth-order valence-electron chi connectivity index (χ4n) is 3.64. The first-order valence-electron chi connectivity index (χ1n) is 10.6. The van der Waals surface area contributed by atoms with Crippen LogP contribution in [0.4, 0.5) is 15.8 Å². The van der Waals surface area contributed by atoms with E-state index in [1.54, 1.807) is 25.3 Å². The summed E-state index contributed by atoms with van der Waals surface area (Å²) in [5.41, 5.74) is 7.61. The van der Waals surface area contributed by atoms with Crippen LogP contribution in [0.5, 0.6) is 11.5 Å². The Morgan fingerprint density at radius 2 is 1.85 bits per heavy atom. The lowest BCUT2D eigenvalue weighted by Crippen LogP contribution is -2.36. The maximum atomic E-state index is 13.2. The number of halogens is 2. The summed E-state index contributed by atoms with van der Waals surface area (Å²) >= 11 is 3.41. The SMILES string of the molecule is COc1cccc(NNC(=O)[C@@H]2CC(=O)N(c3ccc(F)cc3)C2)c1OCc1ccc(Br)cc1. The largest absolute Gasteiger partial charge is 0.493 e. The number of benzene rings is 3. The van der Waals surface area contributed by atoms with Gasteiger partial charge in [-0.05, 0) is 54.1 Å². The summed E-state index contributed by atoms with van der Waals surface area (Å²) in [6.45, 7) is 0.517. The number of ether oxygens (including phenoxy) is 2. The van der Waals surface area contributed by atoms with Crippen LogP contribution >= 0.6 is 15.9 Å². The molecule has 1 heterocycles. The molecule has 3 aromatic carbocycles. The van der Waals surface area contributed by atoms with Crippen molar-refractivity contribution < 1.29 is 23.5 Å². The predicted molar refractivity (Wildman–Crippen MR) is 130 cm³/mol. The number of nitrogens with one attached hydrogen (secondary N) is 2. The lowest BCUT2D eigenvalue weighted by atomic mass is 10.1. The number of methoxy groups -OCH3 is 1. The number of anilines is 2. The van der Waals surface area contributed by atoms with Crippen LogP contribution < -0.4 is 25.2 Å². The summed E-state index contributed by atoms with van der Waals surface area (Å²) < 4.78 is 25.6. The van der Waals surface area contributed by atoms with E-state index in [1.807, 2.05) is 24.3 Å². The molecule has 0 saturated carbocycles. The lowest BCUT2D eigenvalue weighted by Gasteiger charge is -2.19. The molecule has 0 unspecified atom stereocenters. The highest BCUT2D eigenvalue weighted by Gasteiger charge is 2.35. The van der Waals surface area contributed by atoms with Crippen LogP contribution in [0.3, 0.4) is 0 Å². The van der Waals surface area contributed by atoms with Crippen LogP contribution in [-0.2, 0) is 16.2 Å². The molecule has 1 atom stereocenters. The van der Waals surface area contributed by atoms with Crippen molar-refractivity contribution in [1.82, 2.24) is 5.43 Å². The van der Waals surface area contributed by atoms with E-state index in [2.05, 4.69) is 26.8 Å². The molecule has 34 heavy (non-hydrogen) atoms. The smallest absolute Gasteiger partial charge is 0.243 e. The standard InChI is InChI=1S/C25H23BrFN3O4/c1-33-22-4-2-3-21(24(22)34-15-16-5-7-18(26)8-6-16)28-29-25(32)17-13-23(31)30(14-17)20-11-9-19(27)10-12-20/h2-12,17,28H,13-15H2,1H3,(H,29,32)/t17-/m1/s1. The lowest BCUT2D eigenvalue weighted by molar-refractivity contribution is -0.125. The topological polar surface area (TPSA) is 79.9 Å². The van der Waals surface area contributed by atoms with Gasteiger partial charge in [0.15, 0.2) is 11.5 Å². The Kier molecular flexibility index (Phi) is 7.32. The van der Waals surface area contributed by atoms with E-state index in [1.165, 1.54) is 29.2 Å². The van der Waals surface area contributed by atoms with E-state index in [-0.39, 0.29) is 30.6 Å². The summed E-state index contributed by atoms with van der Waals surface area (Å²) in [6.07, 6.45) is 0.0654. The fraction of sp³-hybridized carbons (Fsp3) is 0.200. The van der Waals surface area contributed by atoms with Gasteiger partial charge >= 0.3 is 0 Å². The molecule has 1 aliphatic heterocycles. The van der Waals surface area contributed by atoms with Crippen LogP contribution in [0.25, 0.3) is 0 Å². The van der Waals surface area contributed by atoms with Gasteiger partial charge in [0.05, 0.1) is 18.7 Å². The van der Waals surface area contributed by atoms with Gasteiger partial charge in [-0.15, -0.1) is 0 Å². The van der Waals surface area contributed by atoms with E-state index in [9.17, 15) is 14.0 Å².